The van der Waals surface area contributed by atoms with Crippen molar-refractivity contribution in [3.63, 3.8) is 0 Å². The highest BCUT2D eigenvalue weighted by molar-refractivity contribution is 5.95. The first-order chi connectivity index (χ1) is 9.99. The Morgan fingerprint density at radius 3 is 2.62 bits per heavy atom. The molecule has 0 unspecified atom stereocenters. The number of nitrogens with one attached hydrogen (secondary N) is 2. The number of aromatic amines is 1. The van der Waals surface area contributed by atoms with Gasteiger partial charge in [0.25, 0.3) is 5.91 Å². The number of nitrogens with zero attached hydrogens (tertiary/aromatic N) is 1. The Morgan fingerprint density at radius 1 is 1.38 bits per heavy atom. The summed E-state index contributed by atoms with van der Waals surface area (Å²) in [4.78, 5) is 28.5. The van der Waals surface area contributed by atoms with Gasteiger partial charge in [0.05, 0.1) is 5.56 Å². The molecule has 1 saturated heterocycles. The van der Waals surface area contributed by atoms with Crippen LogP contribution in [0.25, 0.3) is 0 Å². The summed E-state index contributed by atoms with van der Waals surface area (Å²) in [7, 11) is 0. The number of H-pyrrole nitrogens is 1. The zero-order chi connectivity index (χ0) is 15.4. The third-order valence-electron chi connectivity index (χ3n) is 4.21. The van der Waals surface area contributed by atoms with Gasteiger partial charge in [-0.1, -0.05) is 13.8 Å². The maximum absolute atomic E-state index is 12.3. The van der Waals surface area contributed by atoms with Gasteiger partial charge in [-0.15, -0.1) is 0 Å². The van der Waals surface area contributed by atoms with E-state index >= 15 is 0 Å². The lowest BCUT2D eigenvalue weighted by molar-refractivity contribution is -0.130. The van der Waals surface area contributed by atoms with Crippen LogP contribution in [-0.2, 0) is 4.79 Å². The van der Waals surface area contributed by atoms with Crippen LogP contribution in [0.1, 0.15) is 55.6 Å². The van der Waals surface area contributed by atoms with Crippen LogP contribution in [0.3, 0.4) is 0 Å². The Kier molecular flexibility index (Phi) is 5.04. The van der Waals surface area contributed by atoms with Gasteiger partial charge >= 0.3 is 0 Å². The average Bonchev–Trinajstić information content (AvgIpc) is 2.95. The van der Waals surface area contributed by atoms with E-state index < -0.39 is 0 Å². The Balaban J connectivity index is 1.82. The van der Waals surface area contributed by atoms with E-state index in [-0.39, 0.29) is 11.8 Å². The number of carbonyl (C=O) groups excluding carboxylic acids is 2. The van der Waals surface area contributed by atoms with Gasteiger partial charge in [0.15, 0.2) is 0 Å². The predicted molar refractivity (Wildman–Crippen MR) is 82.2 cm³/mol. The number of piperidine rings is 1. The molecule has 2 amide bonds. The van der Waals surface area contributed by atoms with Gasteiger partial charge in [-0.25, -0.2) is 0 Å². The number of hydrogen-bond donors (Lipinski definition) is 2. The van der Waals surface area contributed by atoms with Crippen molar-refractivity contribution in [2.75, 3.05) is 19.6 Å². The van der Waals surface area contributed by atoms with Crippen LogP contribution in [0.5, 0.6) is 0 Å². The van der Waals surface area contributed by atoms with E-state index in [9.17, 15) is 9.59 Å². The minimum atomic E-state index is -0.00560. The highest BCUT2D eigenvalue weighted by Crippen LogP contribution is 2.19. The highest BCUT2D eigenvalue weighted by atomic mass is 16.2. The predicted octanol–water partition coefficient (Wildman–Crippen LogP) is 2.13. The van der Waals surface area contributed by atoms with E-state index in [4.69, 9.17) is 0 Å². The van der Waals surface area contributed by atoms with Crippen LogP contribution in [0.2, 0.25) is 0 Å². The lowest BCUT2D eigenvalue weighted by atomic mass is 9.96. The second-order valence-electron chi connectivity index (χ2n) is 6.12. The zero-order valence-corrected chi connectivity index (χ0v) is 13.1. The number of carbonyl (C=O) groups is 2. The Labute approximate surface area is 126 Å². The molecule has 1 aromatic heterocycles. The molecule has 0 radical (unpaired) electrons. The average molecular weight is 291 g/mol. The highest BCUT2D eigenvalue weighted by Gasteiger charge is 2.22. The van der Waals surface area contributed by atoms with Crippen molar-refractivity contribution >= 4 is 11.8 Å². The van der Waals surface area contributed by atoms with Crippen molar-refractivity contribution in [3.8, 4) is 0 Å². The molecule has 0 aromatic carbocycles. The van der Waals surface area contributed by atoms with Gasteiger partial charge < -0.3 is 15.2 Å². The Hall–Kier alpha value is -1.78. The Morgan fingerprint density at radius 2 is 2.05 bits per heavy atom. The molecule has 116 valence electrons. The van der Waals surface area contributed by atoms with Crippen molar-refractivity contribution < 1.29 is 9.59 Å². The van der Waals surface area contributed by atoms with Gasteiger partial charge in [0, 0.05) is 38.4 Å². The molecule has 0 spiro atoms. The molecule has 1 fully saturated rings. The largest absolute Gasteiger partial charge is 0.364 e. The van der Waals surface area contributed by atoms with Crippen molar-refractivity contribution in [1.82, 2.24) is 15.2 Å². The molecule has 1 aliphatic rings. The molecular weight excluding hydrogens is 266 g/mol. The maximum Gasteiger partial charge on any atom is 0.253 e. The van der Waals surface area contributed by atoms with E-state index in [1.165, 1.54) is 0 Å². The summed E-state index contributed by atoms with van der Waals surface area (Å²) in [5.41, 5.74) is 1.73. The van der Waals surface area contributed by atoms with Gasteiger partial charge in [-0.2, -0.15) is 0 Å². The quantitative estimate of drug-likeness (QED) is 0.892. The number of rotatable bonds is 4. The summed E-state index contributed by atoms with van der Waals surface area (Å²) >= 11 is 0. The van der Waals surface area contributed by atoms with Crippen molar-refractivity contribution in [2.45, 2.75) is 39.5 Å². The van der Waals surface area contributed by atoms with E-state index in [1.54, 1.807) is 6.92 Å². The first-order valence-corrected chi connectivity index (χ1v) is 7.70. The smallest absolute Gasteiger partial charge is 0.253 e. The molecule has 2 rings (SSSR count). The molecule has 0 saturated carbocycles. The fourth-order valence-corrected chi connectivity index (χ4v) is 2.84. The molecular formula is C16H25N3O2. The number of hydrogen-bond acceptors (Lipinski definition) is 2. The van der Waals surface area contributed by atoms with Gasteiger partial charge in [0.1, 0.15) is 0 Å². The van der Waals surface area contributed by atoms with Crippen LogP contribution < -0.4 is 5.32 Å². The standard InChI is InChI=1S/C16H25N3O2/c1-11(2)15-14(4-7-17-15)16(21)18-10-13-5-8-19(9-6-13)12(3)20/h4,7,11,13,17H,5-6,8-10H2,1-3H3,(H,18,21). The van der Waals surface area contributed by atoms with Crippen LogP contribution in [0, 0.1) is 5.92 Å². The van der Waals surface area contributed by atoms with Crippen LogP contribution in [0.15, 0.2) is 12.3 Å². The van der Waals surface area contributed by atoms with Gasteiger partial charge in [0.2, 0.25) is 5.91 Å². The molecule has 0 aliphatic carbocycles. The number of aromatic nitrogens is 1. The van der Waals surface area contributed by atoms with E-state index in [1.807, 2.05) is 17.2 Å². The molecule has 0 bridgehead atoms. The van der Waals surface area contributed by atoms with Gasteiger partial charge in [-0.3, -0.25) is 9.59 Å². The normalized spacial score (nSPS) is 16.3. The summed E-state index contributed by atoms with van der Waals surface area (Å²) in [5, 5.41) is 3.03. The maximum atomic E-state index is 12.3. The molecule has 5 nitrogen and oxygen atoms in total. The lowest BCUT2D eigenvalue weighted by Crippen LogP contribution is -2.40. The van der Waals surface area contributed by atoms with Crippen molar-refractivity contribution in [2.24, 2.45) is 5.92 Å². The van der Waals surface area contributed by atoms with Crippen molar-refractivity contribution in [1.29, 1.82) is 0 Å². The summed E-state index contributed by atoms with van der Waals surface area (Å²) in [6.45, 7) is 8.05. The van der Waals surface area contributed by atoms with Crippen LogP contribution in [-0.4, -0.2) is 41.3 Å². The minimum absolute atomic E-state index is 0.00560. The second kappa shape index (κ2) is 6.78. The van der Waals surface area contributed by atoms with Crippen LogP contribution >= 0.6 is 0 Å². The molecule has 0 atom stereocenters. The topological polar surface area (TPSA) is 65.2 Å². The summed E-state index contributed by atoms with van der Waals surface area (Å²) in [6.07, 6.45) is 3.74. The monoisotopic (exact) mass is 291 g/mol. The molecule has 1 aliphatic heterocycles. The zero-order valence-electron chi connectivity index (χ0n) is 13.1. The fourth-order valence-electron chi connectivity index (χ4n) is 2.84. The first kappa shape index (κ1) is 15.6. The van der Waals surface area contributed by atoms with E-state index in [0.717, 1.165) is 37.2 Å². The third kappa shape index (κ3) is 3.86. The molecule has 21 heavy (non-hydrogen) atoms. The summed E-state index contributed by atoms with van der Waals surface area (Å²) in [6, 6.07) is 1.84. The number of amides is 2. The van der Waals surface area contributed by atoms with Gasteiger partial charge in [-0.05, 0) is 30.7 Å². The molecule has 2 heterocycles. The van der Waals surface area contributed by atoms with E-state index in [0.29, 0.717) is 18.4 Å². The second-order valence-corrected chi connectivity index (χ2v) is 6.12. The molecule has 5 heteroatoms. The third-order valence-corrected chi connectivity index (χ3v) is 4.21. The summed E-state index contributed by atoms with van der Waals surface area (Å²) < 4.78 is 0. The SMILES string of the molecule is CC(=O)N1CCC(CNC(=O)c2cc[nH]c2C(C)C)CC1. The molecule has 2 N–H and O–H groups in total. The fraction of sp³-hybridized carbons (Fsp3) is 0.625. The van der Waals surface area contributed by atoms with Crippen molar-refractivity contribution in [3.05, 3.63) is 23.5 Å². The van der Waals surface area contributed by atoms with Crippen LogP contribution in [0.4, 0.5) is 0 Å². The first-order valence-electron chi connectivity index (χ1n) is 7.70. The minimum Gasteiger partial charge on any atom is -0.364 e. The Bertz CT molecular complexity index is 499. The molecule has 1 aromatic rings. The van der Waals surface area contributed by atoms with E-state index in [2.05, 4.69) is 24.1 Å². The summed E-state index contributed by atoms with van der Waals surface area (Å²) in [5.74, 6) is 0.908. The number of likely N-dealkylation sites (tertiary alicyclic amines) is 1. The lowest BCUT2D eigenvalue weighted by Gasteiger charge is -2.31.